The van der Waals surface area contributed by atoms with Gasteiger partial charge in [0.1, 0.15) is 11.9 Å². The molecule has 20 heavy (non-hydrogen) atoms. The number of nitrogens with one attached hydrogen (secondary N) is 1. The summed E-state index contributed by atoms with van der Waals surface area (Å²) >= 11 is 6.04. The van der Waals surface area contributed by atoms with Gasteiger partial charge in [0.2, 0.25) is 0 Å². The van der Waals surface area contributed by atoms with Gasteiger partial charge in [0.05, 0.1) is 19.4 Å². The third-order valence-corrected chi connectivity index (χ3v) is 3.79. The van der Waals surface area contributed by atoms with Gasteiger partial charge in [-0.3, -0.25) is 4.79 Å². The van der Waals surface area contributed by atoms with Gasteiger partial charge in [-0.05, 0) is 44.2 Å². The van der Waals surface area contributed by atoms with Gasteiger partial charge < -0.3 is 14.8 Å². The number of anilines is 1. The largest absolute Gasteiger partial charge is 0.495 e. The van der Waals surface area contributed by atoms with E-state index < -0.39 is 6.10 Å². The highest BCUT2D eigenvalue weighted by atomic mass is 35.5. The highest BCUT2D eigenvalue weighted by Gasteiger charge is 2.24. The Bertz CT molecular complexity index is 500. The first kappa shape index (κ1) is 15.1. The van der Waals surface area contributed by atoms with Gasteiger partial charge in [0.25, 0.3) is 5.91 Å². The van der Waals surface area contributed by atoms with E-state index in [2.05, 4.69) is 5.32 Å². The van der Waals surface area contributed by atoms with E-state index in [4.69, 9.17) is 21.1 Å². The van der Waals surface area contributed by atoms with Crippen LogP contribution in [0.15, 0.2) is 12.1 Å². The van der Waals surface area contributed by atoms with Crippen molar-refractivity contribution in [3.8, 4) is 5.75 Å². The second-order valence-corrected chi connectivity index (χ2v) is 5.62. The highest BCUT2D eigenvalue weighted by molar-refractivity contribution is 6.31. The number of ether oxygens (including phenoxy) is 2. The minimum absolute atomic E-state index is 0.175. The number of hydrogen-bond donors (Lipinski definition) is 1. The summed E-state index contributed by atoms with van der Waals surface area (Å²) in [5.41, 5.74) is 1.50. The molecular formula is C15H20ClNO3. The Labute approximate surface area is 124 Å². The van der Waals surface area contributed by atoms with Crippen molar-refractivity contribution in [1.29, 1.82) is 0 Å². The number of amides is 1. The van der Waals surface area contributed by atoms with Crippen molar-refractivity contribution in [3.05, 3.63) is 22.7 Å². The van der Waals surface area contributed by atoms with Gasteiger partial charge in [-0.15, -0.1) is 0 Å². The Hall–Kier alpha value is -1.26. The molecule has 1 aliphatic carbocycles. The van der Waals surface area contributed by atoms with Crippen LogP contribution >= 0.6 is 11.6 Å². The fraction of sp³-hybridized carbons (Fsp3) is 0.533. The quantitative estimate of drug-likeness (QED) is 0.875. The maximum atomic E-state index is 12.1. The molecule has 4 nitrogen and oxygen atoms in total. The third-order valence-electron chi connectivity index (χ3n) is 3.39. The molecular weight excluding hydrogens is 278 g/mol. The first-order chi connectivity index (χ1) is 9.51. The Morgan fingerprint density at radius 3 is 2.80 bits per heavy atom. The lowest BCUT2D eigenvalue weighted by atomic mass is 10.2. The number of carbonyl (C=O) groups excluding carboxylic acids is 1. The van der Waals surface area contributed by atoms with Crippen LogP contribution in [0.4, 0.5) is 5.69 Å². The topological polar surface area (TPSA) is 47.6 Å². The molecule has 0 radical (unpaired) electrons. The first-order valence-corrected chi connectivity index (χ1v) is 7.15. The predicted octanol–water partition coefficient (Wildman–Crippen LogP) is 3.41. The molecule has 0 spiro atoms. The zero-order valence-corrected chi connectivity index (χ0v) is 12.8. The van der Waals surface area contributed by atoms with Crippen LogP contribution in [0.25, 0.3) is 0 Å². The van der Waals surface area contributed by atoms with E-state index in [0.717, 1.165) is 5.56 Å². The fourth-order valence-corrected chi connectivity index (χ4v) is 1.96. The van der Waals surface area contributed by atoms with Crippen molar-refractivity contribution in [3.63, 3.8) is 0 Å². The van der Waals surface area contributed by atoms with Gasteiger partial charge in [-0.1, -0.05) is 11.6 Å². The maximum Gasteiger partial charge on any atom is 0.253 e. The SMILES string of the molecule is COc1cc(Cl)c(C)cc1NC(=O)C(C)OCC1CC1. The molecule has 1 aliphatic rings. The van der Waals surface area contributed by atoms with E-state index in [1.165, 1.54) is 12.8 Å². The predicted molar refractivity (Wildman–Crippen MR) is 79.5 cm³/mol. The van der Waals surface area contributed by atoms with Gasteiger partial charge in [-0.25, -0.2) is 0 Å². The van der Waals surface area contributed by atoms with Crippen LogP contribution in [-0.2, 0) is 9.53 Å². The van der Waals surface area contributed by atoms with E-state index in [1.54, 1.807) is 26.2 Å². The lowest BCUT2D eigenvalue weighted by Crippen LogP contribution is -2.28. The lowest BCUT2D eigenvalue weighted by Gasteiger charge is -2.16. The summed E-state index contributed by atoms with van der Waals surface area (Å²) in [5.74, 6) is 1.01. The van der Waals surface area contributed by atoms with Gasteiger partial charge in [0.15, 0.2) is 0 Å². The van der Waals surface area contributed by atoms with E-state index in [0.29, 0.717) is 29.0 Å². The van der Waals surface area contributed by atoms with E-state index in [9.17, 15) is 4.79 Å². The number of rotatable bonds is 6. The molecule has 1 aromatic carbocycles. The van der Waals surface area contributed by atoms with Gasteiger partial charge >= 0.3 is 0 Å². The highest BCUT2D eigenvalue weighted by Crippen LogP contribution is 2.31. The number of methoxy groups -OCH3 is 1. The summed E-state index contributed by atoms with van der Waals surface area (Å²) in [5, 5.41) is 3.43. The molecule has 0 heterocycles. The minimum atomic E-state index is -0.476. The van der Waals surface area contributed by atoms with Crippen LogP contribution < -0.4 is 10.1 Å². The lowest BCUT2D eigenvalue weighted by molar-refractivity contribution is -0.126. The molecule has 1 amide bonds. The van der Waals surface area contributed by atoms with Crippen molar-refractivity contribution >= 4 is 23.2 Å². The smallest absolute Gasteiger partial charge is 0.253 e. The molecule has 0 aromatic heterocycles. The zero-order chi connectivity index (χ0) is 14.7. The normalized spacial score (nSPS) is 15.8. The van der Waals surface area contributed by atoms with Crippen LogP contribution in [0, 0.1) is 12.8 Å². The number of hydrogen-bond acceptors (Lipinski definition) is 3. The zero-order valence-electron chi connectivity index (χ0n) is 12.0. The van der Waals surface area contributed by atoms with Crippen LogP contribution in [0.3, 0.4) is 0 Å². The number of halogens is 1. The summed E-state index contributed by atoms with van der Waals surface area (Å²) < 4.78 is 10.8. The van der Waals surface area contributed by atoms with Crippen molar-refractivity contribution in [2.75, 3.05) is 19.0 Å². The van der Waals surface area contributed by atoms with Gasteiger partial charge in [0, 0.05) is 11.1 Å². The third kappa shape index (κ3) is 3.87. The molecule has 1 atom stereocenters. The number of carbonyl (C=O) groups is 1. The Kier molecular flexibility index (Phi) is 4.89. The second kappa shape index (κ2) is 6.46. The van der Waals surface area contributed by atoms with Crippen molar-refractivity contribution in [2.24, 2.45) is 5.92 Å². The van der Waals surface area contributed by atoms with Crippen molar-refractivity contribution in [2.45, 2.75) is 32.8 Å². The summed E-state index contributed by atoms with van der Waals surface area (Å²) in [6, 6.07) is 3.49. The van der Waals surface area contributed by atoms with Crippen LogP contribution in [0.1, 0.15) is 25.3 Å². The molecule has 0 bridgehead atoms. The molecule has 1 unspecified atom stereocenters. The first-order valence-electron chi connectivity index (χ1n) is 6.78. The summed E-state index contributed by atoms with van der Waals surface area (Å²) in [4.78, 5) is 12.1. The van der Waals surface area contributed by atoms with Crippen molar-refractivity contribution < 1.29 is 14.3 Å². The van der Waals surface area contributed by atoms with E-state index in [1.807, 2.05) is 6.92 Å². The average Bonchev–Trinajstić information content (AvgIpc) is 3.23. The van der Waals surface area contributed by atoms with Crippen molar-refractivity contribution in [1.82, 2.24) is 0 Å². The van der Waals surface area contributed by atoms with Crippen LogP contribution in [-0.4, -0.2) is 25.7 Å². The van der Waals surface area contributed by atoms with Crippen LogP contribution in [0.5, 0.6) is 5.75 Å². The summed E-state index contributed by atoms with van der Waals surface area (Å²) in [6.45, 7) is 4.29. The Balaban J connectivity index is 2.00. The Morgan fingerprint density at radius 2 is 2.20 bits per heavy atom. The van der Waals surface area contributed by atoms with E-state index in [-0.39, 0.29) is 5.91 Å². The monoisotopic (exact) mass is 297 g/mol. The second-order valence-electron chi connectivity index (χ2n) is 5.21. The van der Waals surface area contributed by atoms with Crippen LogP contribution in [0.2, 0.25) is 5.02 Å². The maximum absolute atomic E-state index is 12.1. The number of benzene rings is 1. The molecule has 110 valence electrons. The van der Waals surface area contributed by atoms with E-state index >= 15 is 0 Å². The molecule has 1 aromatic rings. The Morgan fingerprint density at radius 1 is 1.50 bits per heavy atom. The summed E-state index contributed by atoms with van der Waals surface area (Å²) in [7, 11) is 1.55. The van der Waals surface area contributed by atoms with Gasteiger partial charge in [-0.2, -0.15) is 0 Å². The summed E-state index contributed by atoms with van der Waals surface area (Å²) in [6.07, 6.45) is 1.94. The minimum Gasteiger partial charge on any atom is -0.495 e. The fourth-order valence-electron chi connectivity index (χ4n) is 1.80. The molecule has 0 aliphatic heterocycles. The molecule has 0 saturated heterocycles. The average molecular weight is 298 g/mol. The molecule has 1 fully saturated rings. The molecule has 5 heteroatoms. The standard InChI is InChI=1S/C15H20ClNO3/c1-9-6-13(14(19-3)7-12(9)16)17-15(18)10(2)20-8-11-4-5-11/h6-7,10-11H,4-5,8H2,1-3H3,(H,17,18). The molecule has 2 rings (SSSR count). The molecule has 1 saturated carbocycles. The molecule has 1 N–H and O–H groups in total. The number of aryl methyl sites for hydroxylation is 1.